The zero-order valence-electron chi connectivity index (χ0n) is 11.9. The Bertz CT molecular complexity index is 358. The monoisotopic (exact) mass is 269 g/mol. The number of rotatable bonds is 10. The summed E-state index contributed by atoms with van der Waals surface area (Å²) in [4.78, 5) is 0. The molecule has 4 heteroatoms. The van der Waals surface area contributed by atoms with Crippen molar-refractivity contribution in [3.63, 3.8) is 0 Å². The highest BCUT2D eigenvalue weighted by Gasteiger charge is 2.04. The van der Waals surface area contributed by atoms with Gasteiger partial charge in [0.05, 0.1) is 6.61 Å². The molecule has 1 N–H and O–H groups in total. The molecule has 1 rings (SSSR count). The van der Waals surface area contributed by atoms with Crippen LogP contribution < -0.4 is 10.1 Å². The predicted molar refractivity (Wildman–Crippen MR) is 75.0 cm³/mol. The molecule has 0 bridgehead atoms. The van der Waals surface area contributed by atoms with E-state index < -0.39 is 0 Å². The van der Waals surface area contributed by atoms with E-state index in [4.69, 9.17) is 9.47 Å². The molecular formula is C15H24FNO2. The van der Waals surface area contributed by atoms with E-state index in [1.165, 1.54) is 6.07 Å². The highest BCUT2D eigenvalue weighted by molar-refractivity contribution is 5.29. The van der Waals surface area contributed by atoms with Gasteiger partial charge >= 0.3 is 0 Å². The first-order valence-electron chi connectivity index (χ1n) is 6.97. The smallest absolute Gasteiger partial charge is 0.165 e. The van der Waals surface area contributed by atoms with Crippen LogP contribution in [-0.2, 0) is 11.3 Å². The van der Waals surface area contributed by atoms with E-state index in [0.717, 1.165) is 24.9 Å². The van der Waals surface area contributed by atoms with Crippen molar-refractivity contribution in [2.24, 2.45) is 0 Å². The summed E-state index contributed by atoms with van der Waals surface area (Å²) in [6.45, 7) is 7.51. The fraction of sp³-hybridized carbons (Fsp3) is 0.600. The fourth-order valence-corrected chi connectivity index (χ4v) is 1.67. The van der Waals surface area contributed by atoms with Gasteiger partial charge in [0.1, 0.15) is 0 Å². The van der Waals surface area contributed by atoms with Crippen molar-refractivity contribution in [2.45, 2.75) is 33.2 Å². The van der Waals surface area contributed by atoms with E-state index in [0.29, 0.717) is 32.1 Å². The lowest BCUT2D eigenvalue weighted by molar-refractivity contribution is 0.130. The molecule has 19 heavy (non-hydrogen) atoms. The Morgan fingerprint density at radius 1 is 1.21 bits per heavy atom. The molecule has 1 aromatic carbocycles. The number of benzene rings is 1. The molecule has 0 heterocycles. The lowest BCUT2D eigenvalue weighted by Gasteiger charge is -2.09. The van der Waals surface area contributed by atoms with Crippen molar-refractivity contribution >= 4 is 0 Å². The summed E-state index contributed by atoms with van der Waals surface area (Å²) in [6.07, 6.45) is 1.84. The molecule has 0 aliphatic rings. The van der Waals surface area contributed by atoms with Gasteiger partial charge < -0.3 is 14.8 Å². The maximum Gasteiger partial charge on any atom is 0.165 e. The Morgan fingerprint density at radius 2 is 2.05 bits per heavy atom. The van der Waals surface area contributed by atoms with Gasteiger partial charge in [-0.2, -0.15) is 0 Å². The Hall–Kier alpha value is -1.13. The molecule has 0 aliphatic heterocycles. The van der Waals surface area contributed by atoms with Crippen LogP contribution in [0.3, 0.4) is 0 Å². The van der Waals surface area contributed by atoms with Gasteiger partial charge in [-0.05, 0) is 37.6 Å². The summed E-state index contributed by atoms with van der Waals surface area (Å²) in [6, 6.07) is 5.11. The van der Waals surface area contributed by atoms with Crippen LogP contribution in [0.1, 0.15) is 32.3 Å². The average Bonchev–Trinajstić information content (AvgIpc) is 2.41. The van der Waals surface area contributed by atoms with Crippen molar-refractivity contribution in [1.29, 1.82) is 0 Å². The van der Waals surface area contributed by atoms with Gasteiger partial charge in [-0.1, -0.05) is 13.0 Å². The van der Waals surface area contributed by atoms with Crippen molar-refractivity contribution < 1.29 is 13.9 Å². The average molecular weight is 269 g/mol. The highest BCUT2D eigenvalue weighted by atomic mass is 19.1. The minimum atomic E-state index is -0.299. The second-order valence-corrected chi connectivity index (χ2v) is 4.34. The molecule has 0 radical (unpaired) electrons. The number of hydrogen-bond acceptors (Lipinski definition) is 3. The minimum Gasteiger partial charge on any atom is -0.490 e. The van der Waals surface area contributed by atoms with Crippen molar-refractivity contribution in [1.82, 2.24) is 5.32 Å². The van der Waals surface area contributed by atoms with Gasteiger partial charge in [0.25, 0.3) is 0 Å². The largest absolute Gasteiger partial charge is 0.490 e. The van der Waals surface area contributed by atoms with Crippen LogP contribution in [0.4, 0.5) is 4.39 Å². The van der Waals surface area contributed by atoms with E-state index in [1.807, 2.05) is 13.0 Å². The predicted octanol–water partition coefficient (Wildman–Crippen LogP) is 3.13. The zero-order valence-corrected chi connectivity index (χ0v) is 11.9. The first-order chi connectivity index (χ1) is 9.27. The molecule has 0 atom stereocenters. The zero-order chi connectivity index (χ0) is 13.9. The molecule has 108 valence electrons. The topological polar surface area (TPSA) is 30.5 Å². The van der Waals surface area contributed by atoms with Crippen molar-refractivity contribution in [2.75, 3.05) is 26.4 Å². The number of hydrogen-bond donors (Lipinski definition) is 1. The van der Waals surface area contributed by atoms with E-state index >= 15 is 0 Å². The summed E-state index contributed by atoms with van der Waals surface area (Å²) >= 11 is 0. The van der Waals surface area contributed by atoms with Gasteiger partial charge in [-0.3, -0.25) is 0 Å². The van der Waals surface area contributed by atoms with Gasteiger partial charge in [0.2, 0.25) is 0 Å². The van der Waals surface area contributed by atoms with Crippen LogP contribution in [0.25, 0.3) is 0 Å². The van der Waals surface area contributed by atoms with Crippen LogP contribution >= 0.6 is 0 Å². The van der Waals surface area contributed by atoms with E-state index in [1.54, 1.807) is 6.07 Å². The lowest BCUT2D eigenvalue weighted by Crippen LogP contribution is -2.14. The molecule has 0 unspecified atom stereocenters. The van der Waals surface area contributed by atoms with Crippen LogP contribution in [0, 0.1) is 5.82 Å². The van der Waals surface area contributed by atoms with Crippen molar-refractivity contribution in [3.05, 3.63) is 29.6 Å². The number of halogens is 1. The summed E-state index contributed by atoms with van der Waals surface area (Å²) in [7, 11) is 0. The van der Waals surface area contributed by atoms with E-state index in [-0.39, 0.29) is 5.82 Å². The normalized spacial score (nSPS) is 10.7. The SMILES string of the molecule is CCCNCc1ccc(OCCCOCC)c(F)c1. The highest BCUT2D eigenvalue weighted by Crippen LogP contribution is 2.18. The molecule has 0 aliphatic carbocycles. The Kier molecular flexibility index (Phi) is 8.18. The molecule has 0 aromatic heterocycles. The van der Waals surface area contributed by atoms with Crippen LogP contribution in [0.2, 0.25) is 0 Å². The van der Waals surface area contributed by atoms with E-state index in [2.05, 4.69) is 12.2 Å². The summed E-state index contributed by atoms with van der Waals surface area (Å²) in [5, 5.41) is 3.24. The Morgan fingerprint density at radius 3 is 2.74 bits per heavy atom. The maximum absolute atomic E-state index is 13.8. The Balaban J connectivity index is 2.34. The van der Waals surface area contributed by atoms with Crippen LogP contribution in [0.5, 0.6) is 5.75 Å². The number of ether oxygens (including phenoxy) is 2. The summed E-state index contributed by atoms with van der Waals surface area (Å²) in [5.74, 6) is 0.0166. The fourth-order valence-electron chi connectivity index (χ4n) is 1.67. The lowest BCUT2D eigenvalue weighted by atomic mass is 10.2. The molecular weight excluding hydrogens is 245 g/mol. The summed E-state index contributed by atoms with van der Waals surface area (Å²) < 4.78 is 24.3. The second kappa shape index (κ2) is 9.75. The third kappa shape index (κ3) is 6.55. The molecule has 1 aromatic rings. The molecule has 0 amide bonds. The second-order valence-electron chi connectivity index (χ2n) is 4.34. The first kappa shape index (κ1) is 15.9. The Labute approximate surface area is 115 Å². The van der Waals surface area contributed by atoms with Gasteiger partial charge in [-0.15, -0.1) is 0 Å². The van der Waals surface area contributed by atoms with Gasteiger partial charge in [0.15, 0.2) is 11.6 Å². The van der Waals surface area contributed by atoms with Crippen LogP contribution in [0.15, 0.2) is 18.2 Å². The standard InChI is InChI=1S/C15H24FNO2/c1-3-8-17-12-13-6-7-15(14(16)11-13)19-10-5-9-18-4-2/h6-7,11,17H,3-5,8-10,12H2,1-2H3. The molecule has 0 fully saturated rings. The first-order valence-corrected chi connectivity index (χ1v) is 6.97. The van der Waals surface area contributed by atoms with Crippen LogP contribution in [-0.4, -0.2) is 26.4 Å². The van der Waals surface area contributed by atoms with E-state index in [9.17, 15) is 4.39 Å². The maximum atomic E-state index is 13.8. The molecule has 0 spiro atoms. The van der Waals surface area contributed by atoms with Gasteiger partial charge in [-0.25, -0.2) is 4.39 Å². The summed E-state index contributed by atoms with van der Waals surface area (Å²) in [5.41, 5.74) is 0.938. The number of nitrogens with one attached hydrogen (secondary N) is 1. The molecule has 3 nitrogen and oxygen atoms in total. The van der Waals surface area contributed by atoms with Crippen molar-refractivity contribution in [3.8, 4) is 5.75 Å². The minimum absolute atomic E-state index is 0.299. The quantitative estimate of drug-likeness (QED) is 0.662. The third-order valence-corrected chi connectivity index (χ3v) is 2.65. The van der Waals surface area contributed by atoms with Gasteiger partial charge in [0, 0.05) is 26.2 Å². The molecule has 0 saturated heterocycles. The molecule has 0 saturated carbocycles. The third-order valence-electron chi connectivity index (χ3n) is 2.65.